The van der Waals surface area contributed by atoms with Crippen LogP contribution in [-0.2, 0) is 4.74 Å². The van der Waals surface area contributed by atoms with Crippen LogP contribution in [0.4, 0.5) is 0 Å². The van der Waals surface area contributed by atoms with Crippen LogP contribution in [0.3, 0.4) is 0 Å². The molecule has 0 spiro atoms. The number of nitrogens with zero attached hydrogens (tertiary/aromatic N) is 2. The predicted octanol–water partition coefficient (Wildman–Crippen LogP) is 1.11. The zero-order valence-corrected chi connectivity index (χ0v) is 10.6. The number of H-pyrrole nitrogens is 1. The van der Waals surface area contributed by atoms with Crippen molar-refractivity contribution in [3.63, 3.8) is 0 Å². The van der Waals surface area contributed by atoms with Gasteiger partial charge in [-0.1, -0.05) is 0 Å². The van der Waals surface area contributed by atoms with Crippen LogP contribution in [0.15, 0.2) is 18.2 Å². The summed E-state index contributed by atoms with van der Waals surface area (Å²) < 4.78 is 5.30. The zero-order valence-electron chi connectivity index (χ0n) is 10.6. The average Bonchev–Trinajstić information content (AvgIpc) is 2.93. The number of hydrogen-bond donors (Lipinski definition) is 2. The van der Waals surface area contributed by atoms with Crippen LogP contribution in [-0.4, -0.2) is 41.1 Å². The van der Waals surface area contributed by atoms with Crippen molar-refractivity contribution >= 4 is 16.9 Å². The largest absolute Gasteiger partial charge is 0.381 e. The molecule has 0 atom stereocenters. The third kappa shape index (κ3) is 2.73. The Morgan fingerprint density at radius 2 is 2.11 bits per heavy atom. The first kappa shape index (κ1) is 12.1. The number of ether oxygens (including phenoxy) is 1. The molecule has 2 aromatic rings. The van der Waals surface area contributed by atoms with Crippen molar-refractivity contribution < 1.29 is 9.53 Å². The maximum absolute atomic E-state index is 12.1. The van der Waals surface area contributed by atoms with E-state index in [1.807, 2.05) is 0 Å². The second kappa shape index (κ2) is 5.36. The molecule has 19 heavy (non-hydrogen) atoms. The first-order chi connectivity index (χ1) is 9.33. The van der Waals surface area contributed by atoms with Crippen molar-refractivity contribution in [1.29, 1.82) is 0 Å². The summed E-state index contributed by atoms with van der Waals surface area (Å²) >= 11 is 0. The maximum Gasteiger partial charge on any atom is 0.251 e. The molecule has 0 saturated carbocycles. The molecule has 1 saturated heterocycles. The van der Waals surface area contributed by atoms with Gasteiger partial charge in [-0.3, -0.25) is 4.79 Å². The Labute approximate surface area is 110 Å². The number of aromatic amines is 1. The fourth-order valence-electron chi connectivity index (χ4n) is 2.27. The summed E-state index contributed by atoms with van der Waals surface area (Å²) in [6.45, 7) is 2.30. The third-order valence-electron chi connectivity index (χ3n) is 3.47. The van der Waals surface area contributed by atoms with E-state index in [1.165, 1.54) is 0 Å². The number of fused-ring (bicyclic) bond motifs is 1. The summed E-state index contributed by atoms with van der Waals surface area (Å²) in [5.74, 6) is 0.463. The lowest BCUT2D eigenvalue weighted by Crippen LogP contribution is -2.32. The normalized spacial score (nSPS) is 16.6. The first-order valence-corrected chi connectivity index (χ1v) is 6.49. The van der Waals surface area contributed by atoms with E-state index in [-0.39, 0.29) is 5.91 Å². The predicted molar refractivity (Wildman–Crippen MR) is 69.8 cm³/mol. The Hall–Kier alpha value is -1.95. The van der Waals surface area contributed by atoms with Gasteiger partial charge in [-0.25, -0.2) is 0 Å². The molecule has 0 radical (unpaired) electrons. The molecule has 100 valence electrons. The molecule has 0 aliphatic carbocycles. The van der Waals surface area contributed by atoms with Gasteiger partial charge >= 0.3 is 0 Å². The lowest BCUT2D eigenvalue weighted by Gasteiger charge is -2.22. The molecule has 3 rings (SSSR count). The minimum Gasteiger partial charge on any atom is -0.381 e. The molecule has 2 N–H and O–H groups in total. The second-order valence-electron chi connectivity index (χ2n) is 4.79. The molecule has 2 heterocycles. The number of carbonyl (C=O) groups is 1. The summed E-state index contributed by atoms with van der Waals surface area (Å²) in [5.41, 5.74) is 2.09. The first-order valence-electron chi connectivity index (χ1n) is 6.49. The van der Waals surface area contributed by atoms with E-state index in [1.54, 1.807) is 18.2 Å². The highest BCUT2D eigenvalue weighted by molar-refractivity contribution is 5.97. The molecule has 6 nitrogen and oxygen atoms in total. The van der Waals surface area contributed by atoms with Crippen molar-refractivity contribution in [2.75, 3.05) is 19.8 Å². The van der Waals surface area contributed by atoms with Crippen LogP contribution in [0.25, 0.3) is 11.0 Å². The number of amides is 1. The number of aromatic nitrogens is 3. The number of rotatable bonds is 3. The molecule has 1 aliphatic heterocycles. The van der Waals surface area contributed by atoms with Gasteiger partial charge in [0.2, 0.25) is 0 Å². The van der Waals surface area contributed by atoms with Gasteiger partial charge in [0.25, 0.3) is 5.91 Å². The highest BCUT2D eigenvalue weighted by Crippen LogP contribution is 2.14. The molecular weight excluding hydrogens is 244 g/mol. The Bertz CT molecular complexity index is 575. The summed E-state index contributed by atoms with van der Waals surface area (Å²) in [6.07, 6.45) is 2.03. The van der Waals surface area contributed by atoms with Crippen molar-refractivity contribution in [2.24, 2.45) is 5.92 Å². The average molecular weight is 260 g/mol. The van der Waals surface area contributed by atoms with E-state index in [9.17, 15) is 4.79 Å². The van der Waals surface area contributed by atoms with Crippen molar-refractivity contribution in [2.45, 2.75) is 12.8 Å². The van der Waals surface area contributed by atoms with Gasteiger partial charge in [0.15, 0.2) is 0 Å². The third-order valence-corrected chi connectivity index (χ3v) is 3.47. The van der Waals surface area contributed by atoms with Crippen molar-refractivity contribution in [3.05, 3.63) is 23.8 Å². The summed E-state index contributed by atoms with van der Waals surface area (Å²) in [5, 5.41) is 13.5. The molecule has 0 bridgehead atoms. The summed E-state index contributed by atoms with van der Waals surface area (Å²) in [4.78, 5) is 12.1. The van der Waals surface area contributed by atoms with Gasteiger partial charge in [0, 0.05) is 25.3 Å². The standard InChI is InChI=1S/C13H16N4O2/c18-13(14-8-9-3-5-19-6-4-9)10-1-2-11-12(7-10)16-17-15-11/h1-2,7,9H,3-6,8H2,(H,14,18)(H,15,16,17). The fourth-order valence-corrected chi connectivity index (χ4v) is 2.27. The lowest BCUT2D eigenvalue weighted by molar-refractivity contribution is 0.0642. The minimum atomic E-state index is -0.0589. The van der Waals surface area contributed by atoms with Gasteiger partial charge in [0.1, 0.15) is 11.0 Å². The monoisotopic (exact) mass is 260 g/mol. The van der Waals surface area contributed by atoms with Crippen LogP contribution in [0.2, 0.25) is 0 Å². The van der Waals surface area contributed by atoms with E-state index >= 15 is 0 Å². The molecule has 1 aromatic heterocycles. The van der Waals surface area contributed by atoms with E-state index < -0.39 is 0 Å². The van der Waals surface area contributed by atoms with Gasteiger partial charge in [-0.15, -0.1) is 0 Å². The number of carbonyl (C=O) groups excluding carboxylic acids is 1. The van der Waals surface area contributed by atoms with Crippen molar-refractivity contribution in [3.8, 4) is 0 Å². The molecule has 1 fully saturated rings. The molecule has 1 aromatic carbocycles. The van der Waals surface area contributed by atoms with Gasteiger partial charge < -0.3 is 10.1 Å². The Kier molecular flexibility index (Phi) is 3.41. The zero-order chi connectivity index (χ0) is 13.1. The summed E-state index contributed by atoms with van der Waals surface area (Å²) in [7, 11) is 0. The van der Waals surface area contributed by atoms with Crippen LogP contribution in [0, 0.1) is 5.92 Å². The SMILES string of the molecule is O=C(NCC1CCOCC1)c1ccc2n[nH]nc2c1. The van der Waals surface area contributed by atoms with E-state index in [0.717, 1.165) is 31.6 Å². The Morgan fingerprint density at radius 3 is 2.95 bits per heavy atom. The molecule has 1 aliphatic rings. The highest BCUT2D eigenvalue weighted by atomic mass is 16.5. The number of nitrogens with one attached hydrogen (secondary N) is 2. The fraction of sp³-hybridized carbons (Fsp3) is 0.462. The lowest BCUT2D eigenvalue weighted by atomic mass is 10.0. The molecule has 1 amide bonds. The van der Waals surface area contributed by atoms with Crippen LogP contribution in [0.1, 0.15) is 23.2 Å². The minimum absolute atomic E-state index is 0.0589. The topological polar surface area (TPSA) is 79.9 Å². The Morgan fingerprint density at radius 1 is 1.32 bits per heavy atom. The molecule has 6 heteroatoms. The van der Waals surface area contributed by atoms with Crippen LogP contribution in [0.5, 0.6) is 0 Å². The molecule has 0 unspecified atom stereocenters. The smallest absolute Gasteiger partial charge is 0.251 e. The van der Waals surface area contributed by atoms with E-state index in [4.69, 9.17) is 4.74 Å². The van der Waals surface area contributed by atoms with Gasteiger partial charge in [0.05, 0.1) is 0 Å². The van der Waals surface area contributed by atoms with Gasteiger partial charge in [-0.05, 0) is 37.0 Å². The maximum atomic E-state index is 12.1. The Balaban J connectivity index is 1.62. The van der Waals surface area contributed by atoms with Crippen LogP contribution >= 0.6 is 0 Å². The van der Waals surface area contributed by atoms with Crippen LogP contribution < -0.4 is 5.32 Å². The quantitative estimate of drug-likeness (QED) is 0.866. The van der Waals surface area contributed by atoms with Gasteiger partial charge in [-0.2, -0.15) is 15.4 Å². The number of hydrogen-bond acceptors (Lipinski definition) is 4. The van der Waals surface area contributed by atoms with Crippen molar-refractivity contribution in [1.82, 2.24) is 20.7 Å². The molecular formula is C13H16N4O2. The second-order valence-corrected chi connectivity index (χ2v) is 4.79. The number of benzene rings is 1. The van der Waals surface area contributed by atoms with E-state index in [2.05, 4.69) is 20.7 Å². The van der Waals surface area contributed by atoms with E-state index in [0.29, 0.717) is 23.5 Å². The summed E-state index contributed by atoms with van der Waals surface area (Å²) in [6, 6.07) is 5.31. The highest BCUT2D eigenvalue weighted by Gasteiger charge is 2.15.